The van der Waals surface area contributed by atoms with Gasteiger partial charge in [-0.15, -0.1) is 0 Å². The van der Waals surface area contributed by atoms with Crippen LogP contribution in [0.5, 0.6) is 0 Å². The summed E-state index contributed by atoms with van der Waals surface area (Å²) in [4.78, 5) is 25.6. The van der Waals surface area contributed by atoms with Crippen molar-refractivity contribution in [2.45, 2.75) is 27.7 Å². The van der Waals surface area contributed by atoms with Crippen molar-refractivity contribution in [3.8, 4) is 0 Å². The molecule has 0 spiro atoms. The van der Waals surface area contributed by atoms with Crippen LogP contribution in [0, 0.1) is 26.9 Å². The molecule has 0 fully saturated rings. The second kappa shape index (κ2) is 19.2. The first-order valence-electron chi connectivity index (χ1n) is 6.53. The Bertz CT molecular complexity index is 546. The van der Waals surface area contributed by atoms with Gasteiger partial charge in [-0.05, 0) is 33.3 Å². The van der Waals surface area contributed by atoms with Gasteiger partial charge in [0.05, 0.1) is 5.56 Å². The molecule has 0 saturated carbocycles. The van der Waals surface area contributed by atoms with E-state index >= 15 is 0 Å². The molecule has 0 aliphatic rings. The Morgan fingerprint density at radius 3 is 1.75 bits per heavy atom. The number of hydrogen-bond acceptors (Lipinski definition) is 2. The molecule has 1 rings (SSSR count). The number of amides is 1. The van der Waals surface area contributed by atoms with Gasteiger partial charge in [-0.1, -0.05) is 18.2 Å². The Morgan fingerprint density at radius 2 is 1.42 bits per heavy atom. The van der Waals surface area contributed by atoms with Gasteiger partial charge in [0, 0.05) is 36.0 Å². The van der Waals surface area contributed by atoms with E-state index in [9.17, 15) is 9.59 Å². The summed E-state index contributed by atoms with van der Waals surface area (Å²) in [5.41, 5.74) is 1.92. The molecular weight excluding hydrogens is 350 g/mol. The summed E-state index contributed by atoms with van der Waals surface area (Å²) in [6.45, 7) is 22.0. The monoisotopic (exact) mass is 369 g/mol. The first-order valence-corrected chi connectivity index (χ1v) is 6.53. The molecule has 0 aromatic heterocycles. The van der Waals surface area contributed by atoms with Crippen molar-refractivity contribution in [3.63, 3.8) is 0 Å². The van der Waals surface area contributed by atoms with Crippen molar-refractivity contribution in [1.29, 1.82) is 0 Å². The molecule has 0 saturated heterocycles. The van der Waals surface area contributed by atoms with Crippen molar-refractivity contribution in [2.24, 2.45) is 0 Å². The van der Waals surface area contributed by atoms with E-state index < -0.39 is 0 Å². The molecule has 0 aliphatic heterocycles. The van der Waals surface area contributed by atoms with Crippen LogP contribution >= 0.6 is 0 Å². The minimum absolute atomic E-state index is 0. The van der Waals surface area contributed by atoms with Gasteiger partial charge in [-0.3, -0.25) is 9.59 Å². The van der Waals surface area contributed by atoms with E-state index in [4.69, 9.17) is 14.0 Å². The number of ketones is 1. The predicted octanol–water partition coefficient (Wildman–Crippen LogP) is 2.56. The van der Waals surface area contributed by atoms with Gasteiger partial charge in [0.2, 0.25) is 0 Å². The van der Waals surface area contributed by atoms with Crippen LogP contribution in [0.1, 0.15) is 47.1 Å². The van der Waals surface area contributed by atoms with E-state index in [0.717, 1.165) is 5.56 Å². The molecule has 1 amide bonds. The van der Waals surface area contributed by atoms with Crippen molar-refractivity contribution in [3.05, 3.63) is 54.8 Å². The number of aryl methyl sites for hydroxylation is 1. The van der Waals surface area contributed by atoms with Crippen LogP contribution in [0.2, 0.25) is 0 Å². The van der Waals surface area contributed by atoms with Crippen LogP contribution in [-0.2, 0) is 31.3 Å². The molecule has 0 bridgehead atoms. The number of benzene rings is 1. The quantitative estimate of drug-likeness (QED) is 0.463. The van der Waals surface area contributed by atoms with Crippen LogP contribution in [0.3, 0.4) is 0 Å². The van der Waals surface area contributed by atoms with E-state index in [1.165, 1.54) is 6.92 Å². The average molecular weight is 369 g/mol. The number of nitrogens with zero attached hydrogens (tertiary/aromatic N) is 1. The minimum Gasteiger partial charge on any atom is 0 e. The fraction of sp³-hybridized carbons (Fsp3) is 0.353. The molecule has 0 heterocycles. The molecule has 7 heteroatoms. The molecular formula is C17H19CrNO5. The van der Waals surface area contributed by atoms with E-state index in [2.05, 4.69) is 20.0 Å². The summed E-state index contributed by atoms with van der Waals surface area (Å²) in [6.07, 6.45) is 0. The summed E-state index contributed by atoms with van der Waals surface area (Å²) < 4.78 is 22.5. The number of Topliss-reactive ketones (excluding diaryl/α,β-unsaturated/α-hetero) is 1. The molecule has 0 aliphatic carbocycles. The summed E-state index contributed by atoms with van der Waals surface area (Å²) in [5, 5.41) is 0. The summed E-state index contributed by atoms with van der Waals surface area (Å²) in [6, 6.07) is 5.39. The van der Waals surface area contributed by atoms with Crippen molar-refractivity contribution in [2.75, 3.05) is 13.1 Å². The smallest absolute Gasteiger partial charge is 0 e. The van der Waals surface area contributed by atoms with Crippen LogP contribution in [0.15, 0.2) is 18.2 Å². The van der Waals surface area contributed by atoms with E-state index in [1.54, 1.807) is 11.0 Å². The molecule has 0 atom stereocenters. The fourth-order valence-electron chi connectivity index (χ4n) is 1.91. The van der Waals surface area contributed by atoms with Gasteiger partial charge < -0.3 is 4.90 Å². The molecule has 0 unspecified atom stereocenters. The van der Waals surface area contributed by atoms with Crippen LogP contribution in [0.4, 0.5) is 0 Å². The zero-order valence-electron chi connectivity index (χ0n) is 14.0. The first-order chi connectivity index (χ1) is 11.0. The number of carbonyl (C=O) groups excluding carboxylic acids is 2. The Kier molecular flexibility index (Phi) is 24.0. The molecule has 24 heavy (non-hydrogen) atoms. The standard InChI is InChI=1S/C14H19NO2.3CO.Cr/c1-5-15(6-2)14(17)13-10(3)8-7-9-12(13)11(4)16;3*1-2;/h7-9H,5-6H2,1-4H3;;;;. The Hall–Kier alpha value is -1.89. The predicted molar refractivity (Wildman–Crippen MR) is 80.2 cm³/mol. The average Bonchev–Trinajstić information content (AvgIpc) is 2.60. The summed E-state index contributed by atoms with van der Waals surface area (Å²) >= 11 is 0. The third kappa shape index (κ3) is 9.30. The maximum atomic E-state index is 12.3. The van der Waals surface area contributed by atoms with Crippen molar-refractivity contribution in [1.82, 2.24) is 4.90 Å². The molecule has 1 aromatic rings. The Labute approximate surface area is 153 Å². The fourth-order valence-corrected chi connectivity index (χ4v) is 1.91. The van der Waals surface area contributed by atoms with Gasteiger partial charge in [0.1, 0.15) is 0 Å². The maximum absolute atomic E-state index is 12.3. The molecule has 6 nitrogen and oxygen atoms in total. The summed E-state index contributed by atoms with van der Waals surface area (Å²) in [7, 11) is 0. The first kappa shape index (κ1) is 30.0. The van der Waals surface area contributed by atoms with Gasteiger partial charge in [-0.25, -0.2) is 0 Å². The normalized spacial score (nSPS) is 7.42. The molecule has 1 aromatic carbocycles. The topological polar surface area (TPSA) is 97.1 Å². The van der Waals surface area contributed by atoms with Crippen molar-refractivity contribution < 1.29 is 40.9 Å². The zero-order chi connectivity index (χ0) is 19.0. The van der Waals surface area contributed by atoms with Crippen LogP contribution in [0.25, 0.3) is 0 Å². The van der Waals surface area contributed by atoms with Crippen LogP contribution < -0.4 is 0 Å². The number of rotatable bonds is 4. The largest absolute Gasteiger partial charge is 0 e. The third-order valence-electron chi connectivity index (χ3n) is 2.92. The Morgan fingerprint density at radius 1 is 1.00 bits per heavy atom. The molecule has 0 radical (unpaired) electrons. The van der Waals surface area contributed by atoms with E-state index in [-0.39, 0.29) is 29.1 Å². The van der Waals surface area contributed by atoms with Gasteiger partial charge >= 0.3 is 33.9 Å². The van der Waals surface area contributed by atoms with E-state index in [1.807, 2.05) is 32.9 Å². The van der Waals surface area contributed by atoms with Gasteiger partial charge in [0.15, 0.2) is 5.78 Å². The SMILES string of the molecule is CCN(CC)C(=O)c1c(C)cccc1C(C)=O.[C-]#[O+].[C-]#[O+].[C-]#[O+].[Cr]. The minimum atomic E-state index is -0.0655. The summed E-state index contributed by atoms with van der Waals surface area (Å²) in [5.74, 6) is -0.123. The zero-order valence-corrected chi connectivity index (χ0v) is 15.3. The second-order valence-corrected chi connectivity index (χ2v) is 4.03. The second-order valence-electron chi connectivity index (χ2n) is 4.03. The molecule has 128 valence electrons. The third-order valence-corrected chi connectivity index (χ3v) is 2.92. The van der Waals surface area contributed by atoms with Crippen molar-refractivity contribution >= 4 is 11.7 Å². The van der Waals surface area contributed by atoms with Crippen LogP contribution in [-0.4, -0.2) is 29.7 Å². The molecule has 0 N–H and O–H groups in total. The Balaban J connectivity index is -0.000000256. The maximum Gasteiger partial charge on any atom is 0 e. The van der Waals surface area contributed by atoms with E-state index in [0.29, 0.717) is 24.2 Å². The van der Waals surface area contributed by atoms with Gasteiger partial charge in [0.25, 0.3) is 5.91 Å². The number of hydrogen-bond donors (Lipinski definition) is 0. The van der Waals surface area contributed by atoms with Gasteiger partial charge in [-0.2, -0.15) is 0 Å². The number of carbonyl (C=O) groups is 2.